The molecule has 0 aliphatic heterocycles. The van der Waals surface area contributed by atoms with Crippen LogP contribution in [-0.4, -0.2) is 12.0 Å². The molecule has 2 aromatic rings. The molecule has 0 saturated carbocycles. The van der Waals surface area contributed by atoms with Gasteiger partial charge in [-0.2, -0.15) is 11.8 Å². The minimum Gasteiger partial charge on any atom is -0.294 e. The van der Waals surface area contributed by atoms with Gasteiger partial charge in [-0.1, -0.05) is 54.1 Å². The third kappa shape index (κ3) is 3.85. The van der Waals surface area contributed by atoms with Crippen molar-refractivity contribution in [3.05, 3.63) is 70.7 Å². The van der Waals surface area contributed by atoms with E-state index in [9.17, 15) is 4.79 Å². The minimum atomic E-state index is 0.171. The van der Waals surface area contributed by atoms with E-state index in [0.29, 0.717) is 6.42 Å². The van der Waals surface area contributed by atoms with Crippen molar-refractivity contribution >= 4 is 29.1 Å². The molecular formula is C16H15ClOS. The zero-order valence-electron chi connectivity index (χ0n) is 10.7. The monoisotopic (exact) mass is 290 g/mol. The summed E-state index contributed by atoms with van der Waals surface area (Å²) in [4.78, 5) is 12.2. The molecule has 0 heterocycles. The maximum atomic E-state index is 12.2. The Hall–Kier alpha value is -1.25. The van der Waals surface area contributed by atoms with Gasteiger partial charge in [-0.05, 0) is 24.0 Å². The van der Waals surface area contributed by atoms with E-state index in [1.807, 2.05) is 60.9 Å². The van der Waals surface area contributed by atoms with Crippen LogP contribution in [0.4, 0.5) is 0 Å². The molecule has 3 heteroatoms. The van der Waals surface area contributed by atoms with E-state index in [-0.39, 0.29) is 11.0 Å². The van der Waals surface area contributed by atoms with Gasteiger partial charge in [0.1, 0.15) is 0 Å². The van der Waals surface area contributed by atoms with Crippen molar-refractivity contribution in [3.8, 4) is 0 Å². The first-order valence-electron chi connectivity index (χ1n) is 6.07. The molecule has 0 amide bonds. The maximum absolute atomic E-state index is 12.2. The summed E-state index contributed by atoms with van der Waals surface area (Å²) in [5.41, 5.74) is 1.91. The summed E-state index contributed by atoms with van der Waals surface area (Å²) >= 11 is 7.58. The van der Waals surface area contributed by atoms with Gasteiger partial charge in [0.2, 0.25) is 0 Å². The Morgan fingerprint density at radius 1 is 1.11 bits per heavy atom. The minimum absolute atomic E-state index is 0.171. The van der Waals surface area contributed by atoms with Gasteiger partial charge in [0.15, 0.2) is 5.78 Å². The van der Waals surface area contributed by atoms with Gasteiger partial charge in [-0.15, -0.1) is 0 Å². The Morgan fingerprint density at radius 3 is 2.32 bits per heavy atom. The summed E-state index contributed by atoms with van der Waals surface area (Å²) in [6, 6.07) is 17.1. The molecule has 2 rings (SSSR count). The largest absolute Gasteiger partial charge is 0.294 e. The average Bonchev–Trinajstić information content (AvgIpc) is 2.46. The van der Waals surface area contributed by atoms with Crippen molar-refractivity contribution in [3.63, 3.8) is 0 Å². The lowest BCUT2D eigenvalue weighted by Gasteiger charge is -2.14. The highest BCUT2D eigenvalue weighted by molar-refractivity contribution is 7.98. The number of thioether (sulfide) groups is 1. The van der Waals surface area contributed by atoms with Crippen LogP contribution >= 0.6 is 23.4 Å². The van der Waals surface area contributed by atoms with Crippen LogP contribution in [-0.2, 0) is 0 Å². The lowest BCUT2D eigenvalue weighted by Crippen LogP contribution is -2.05. The Bertz CT molecular complexity index is 536. The molecule has 0 bridgehead atoms. The van der Waals surface area contributed by atoms with Crippen LogP contribution < -0.4 is 0 Å². The molecule has 0 aromatic heterocycles. The fourth-order valence-corrected chi connectivity index (χ4v) is 2.80. The molecule has 1 atom stereocenters. The number of carbonyl (C=O) groups is 1. The molecule has 1 nitrogen and oxygen atoms in total. The third-order valence-corrected chi connectivity index (χ3v) is 4.25. The number of hydrogen-bond acceptors (Lipinski definition) is 2. The first-order chi connectivity index (χ1) is 9.20. The molecule has 0 N–H and O–H groups in total. The molecule has 0 spiro atoms. The van der Waals surface area contributed by atoms with Gasteiger partial charge < -0.3 is 0 Å². The van der Waals surface area contributed by atoms with Crippen molar-refractivity contribution < 1.29 is 4.79 Å². The number of benzene rings is 2. The average molecular weight is 291 g/mol. The summed E-state index contributed by atoms with van der Waals surface area (Å²) in [5.74, 6) is 0.176. The van der Waals surface area contributed by atoms with Crippen LogP contribution in [0, 0.1) is 0 Å². The second-order valence-corrected chi connectivity index (χ2v) is 5.75. The van der Waals surface area contributed by atoms with E-state index >= 15 is 0 Å². The summed E-state index contributed by atoms with van der Waals surface area (Å²) < 4.78 is 0. The van der Waals surface area contributed by atoms with E-state index in [1.165, 1.54) is 0 Å². The number of hydrogen-bond donors (Lipinski definition) is 0. The van der Waals surface area contributed by atoms with Crippen LogP contribution in [0.15, 0.2) is 54.6 Å². The van der Waals surface area contributed by atoms with E-state index in [0.717, 1.165) is 16.1 Å². The quantitative estimate of drug-likeness (QED) is 0.720. The third-order valence-electron chi connectivity index (χ3n) is 2.99. The molecule has 1 unspecified atom stereocenters. The van der Waals surface area contributed by atoms with E-state index in [1.54, 1.807) is 11.8 Å². The number of rotatable bonds is 5. The molecule has 0 radical (unpaired) electrons. The second kappa shape index (κ2) is 6.78. The Kier molecular flexibility index (Phi) is 5.06. The first-order valence-corrected chi connectivity index (χ1v) is 7.74. The van der Waals surface area contributed by atoms with Gasteiger partial charge in [-0.3, -0.25) is 4.79 Å². The predicted molar refractivity (Wildman–Crippen MR) is 83.1 cm³/mol. The van der Waals surface area contributed by atoms with Gasteiger partial charge in [-0.25, -0.2) is 0 Å². The molecule has 19 heavy (non-hydrogen) atoms. The Morgan fingerprint density at radius 2 is 1.74 bits per heavy atom. The molecule has 0 aliphatic carbocycles. The lowest BCUT2D eigenvalue weighted by atomic mass is 10.0. The number of Topliss-reactive ketones (excluding diaryl/α,β-unsaturated/α-hetero) is 1. The smallest absolute Gasteiger partial charge is 0.164 e. The second-order valence-electron chi connectivity index (χ2n) is 4.27. The highest BCUT2D eigenvalue weighted by Crippen LogP contribution is 2.31. The zero-order valence-corrected chi connectivity index (χ0v) is 12.2. The Labute approximate surface area is 123 Å². The van der Waals surface area contributed by atoms with Crippen molar-refractivity contribution in [1.82, 2.24) is 0 Å². The molecule has 0 aliphatic rings. The van der Waals surface area contributed by atoms with E-state index < -0.39 is 0 Å². The van der Waals surface area contributed by atoms with E-state index in [4.69, 9.17) is 11.6 Å². The van der Waals surface area contributed by atoms with Crippen LogP contribution in [0.3, 0.4) is 0 Å². The van der Waals surface area contributed by atoms with Crippen LogP contribution in [0.5, 0.6) is 0 Å². The topological polar surface area (TPSA) is 17.1 Å². The molecule has 0 fully saturated rings. The van der Waals surface area contributed by atoms with Crippen LogP contribution in [0.2, 0.25) is 5.02 Å². The van der Waals surface area contributed by atoms with Crippen molar-refractivity contribution in [2.75, 3.05) is 6.26 Å². The summed E-state index contributed by atoms with van der Waals surface area (Å²) in [7, 11) is 0. The number of carbonyl (C=O) groups excluding carboxylic acids is 1. The number of halogens is 1. The van der Waals surface area contributed by atoms with Gasteiger partial charge in [0.25, 0.3) is 0 Å². The fraction of sp³-hybridized carbons (Fsp3) is 0.188. The molecule has 0 saturated heterocycles. The molecule has 98 valence electrons. The predicted octanol–water partition coefficient (Wildman–Crippen LogP) is 5.02. The van der Waals surface area contributed by atoms with Crippen LogP contribution in [0.25, 0.3) is 0 Å². The van der Waals surface area contributed by atoms with Gasteiger partial charge in [0.05, 0.1) is 0 Å². The number of ketones is 1. The van der Waals surface area contributed by atoms with Crippen LogP contribution in [0.1, 0.15) is 27.6 Å². The molecular weight excluding hydrogens is 276 g/mol. The lowest BCUT2D eigenvalue weighted by molar-refractivity contribution is 0.0982. The van der Waals surface area contributed by atoms with E-state index in [2.05, 4.69) is 0 Å². The molecule has 2 aromatic carbocycles. The zero-order chi connectivity index (χ0) is 13.7. The summed E-state index contributed by atoms with van der Waals surface area (Å²) in [5, 5.41) is 0.892. The fourth-order valence-electron chi connectivity index (χ4n) is 1.92. The van der Waals surface area contributed by atoms with Gasteiger partial charge >= 0.3 is 0 Å². The highest BCUT2D eigenvalue weighted by Gasteiger charge is 2.16. The highest BCUT2D eigenvalue weighted by atomic mass is 35.5. The summed E-state index contributed by atoms with van der Waals surface area (Å²) in [6.07, 6.45) is 2.53. The Balaban J connectivity index is 2.11. The first kappa shape index (κ1) is 14.2. The van der Waals surface area contributed by atoms with Crippen molar-refractivity contribution in [2.45, 2.75) is 11.7 Å². The standard InChI is InChI=1S/C16H15ClOS/c1-19-16(13-7-9-14(17)10-8-13)11-15(18)12-5-3-2-4-6-12/h2-10,16H,11H2,1H3. The summed E-state index contributed by atoms with van der Waals surface area (Å²) in [6.45, 7) is 0. The normalized spacial score (nSPS) is 12.1. The SMILES string of the molecule is CSC(CC(=O)c1ccccc1)c1ccc(Cl)cc1. The maximum Gasteiger partial charge on any atom is 0.164 e. The van der Waals surface area contributed by atoms with Crippen molar-refractivity contribution in [2.24, 2.45) is 0 Å². The van der Waals surface area contributed by atoms with Crippen molar-refractivity contribution in [1.29, 1.82) is 0 Å². The van der Waals surface area contributed by atoms with Gasteiger partial charge in [0, 0.05) is 22.3 Å².